The van der Waals surface area contributed by atoms with Gasteiger partial charge in [0.05, 0.1) is 18.8 Å². The minimum absolute atomic E-state index is 0.198. The van der Waals surface area contributed by atoms with E-state index in [9.17, 15) is 14.5 Å². The molecule has 0 heterocycles. The number of rotatable bonds is 27. The Morgan fingerprint density at radius 1 is 0.694 bits per heavy atom. The molecule has 1 amide bonds. The highest BCUT2D eigenvalue weighted by Crippen LogP contribution is 2.36. The minimum Gasteiger partial charge on any atom is -0.391 e. The first-order valence-electron chi connectivity index (χ1n) is 15.0. The summed E-state index contributed by atoms with van der Waals surface area (Å²) in [7, 11) is -4.67. The maximum atomic E-state index is 12.4. The molecule has 2 atom stereocenters. The van der Waals surface area contributed by atoms with E-state index in [0.717, 1.165) is 38.5 Å². The summed E-state index contributed by atoms with van der Waals surface area (Å²) in [4.78, 5) is 30.5. The first-order valence-corrected chi connectivity index (χ1v) is 16.5. The fourth-order valence-corrected chi connectivity index (χ4v) is 4.88. The third-order valence-electron chi connectivity index (χ3n) is 6.84. The second-order valence-corrected chi connectivity index (χ2v) is 11.7. The number of amides is 1. The number of carbonyl (C=O) groups is 1. The second kappa shape index (κ2) is 24.9. The van der Waals surface area contributed by atoms with Crippen LogP contribution in [0.3, 0.4) is 0 Å². The van der Waals surface area contributed by atoms with E-state index >= 15 is 0 Å². The van der Waals surface area contributed by atoms with Crippen molar-refractivity contribution in [2.45, 2.75) is 167 Å². The first kappa shape index (κ1) is 35.5. The summed E-state index contributed by atoms with van der Waals surface area (Å²) in [6.45, 7) is 4.05. The zero-order valence-electron chi connectivity index (χ0n) is 23.4. The van der Waals surface area contributed by atoms with E-state index in [0.29, 0.717) is 12.8 Å². The van der Waals surface area contributed by atoms with Gasteiger partial charge in [0.15, 0.2) is 0 Å². The molecule has 0 aromatic heterocycles. The topological polar surface area (TPSA) is 116 Å². The van der Waals surface area contributed by atoms with Crippen LogP contribution in [0.15, 0.2) is 0 Å². The van der Waals surface area contributed by atoms with Crippen LogP contribution in [-0.2, 0) is 13.9 Å². The quantitative estimate of drug-likeness (QED) is 0.0637. The van der Waals surface area contributed by atoms with Crippen LogP contribution in [0.4, 0.5) is 0 Å². The third-order valence-corrected chi connectivity index (χ3v) is 7.33. The van der Waals surface area contributed by atoms with Crippen LogP contribution in [0, 0.1) is 0 Å². The summed E-state index contributed by atoms with van der Waals surface area (Å²) in [6.07, 6.45) is 23.7. The Labute approximate surface area is 221 Å². The zero-order chi connectivity index (χ0) is 26.9. The van der Waals surface area contributed by atoms with Gasteiger partial charge in [-0.2, -0.15) is 0 Å². The molecule has 0 aliphatic carbocycles. The molecular weight excluding hydrogens is 477 g/mol. The lowest BCUT2D eigenvalue weighted by Crippen LogP contribution is -2.46. The van der Waals surface area contributed by atoms with Gasteiger partial charge in [-0.1, -0.05) is 136 Å². The molecule has 7 nitrogen and oxygen atoms in total. The maximum absolute atomic E-state index is 12.4. The Morgan fingerprint density at radius 2 is 1.08 bits per heavy atom. The van der Waals surface area contributed by atoms with Crippen molar-refractivity contribution in [3.63, 3.8) is 0 Å². The second-order valence-electron chi connectivity index (χ2n) is 10.4. The fourth-order valence-electron chi connectivity index (χ4n) is 4.52. The van der Waals surface area contributed by atoms with Gasteiger partial charge in [-0.05, 0) is 12.8 Å². The predicted octanol–water partition coefficient (Wildman–Crippen LogP) is 7.56. The van der Waals surface area contributed by atoms with Crippen molar-refractivity contribution in [3.8, 4) is 0 Å². The fraction of sp³-hybridized carbons (Fsp3) is 0.964. The Bertz CT molecular complexity index is 542. The van der Waals surface area contributed by atoms with Crippen molar-refractivity contribution < 1.29 is 28.8 Å². The molecule has 0 aromatic carbocycles. The van der Waals surface area contributed by atoms with Crippen LogP contribution >= 0.6 is 7.82 Å². The van der Waals surface area contributed by atoms with Gasteiger partial charge < -0.3 is 20.2 Å². The zero-order valence-corrected chi connectivity index (χ0v) is 24.3. The van der Waals surface area contributed by atoms with Crippen LogP contribution in [-0.4, -0.2) is 39.6 Å². The van der Waals surface area contributed by atoms with Crippen molar-refractivity contribution in [2.24, 2.45) is 0 Å². The Kier molecular flexibility index (Phi) is 24.5. The van der Waals surface area contributed by atoms with E-state index in [1.807, 2.05) is 0 Å². The van der Waals surface area contributed by atoms with Crippen molar-refractivity contribution in [1.29, 1.82) is 0 Å². The maximum Gasteiger partial charge on any atom is 0.469 e. The molecular formula is C28H58NO6P. The lowest BCUT2D eigenvalue weighted by molar-refractivity contribution is -0.123. The van der Waals surface area contributed by atoms with Gasteiger partial charge in [-0.15, -0.1) is 0 Å². The summed E-state index contributed by atoms with van der Waals surface area (Å²) in [5, 5.41) is 13.3. The van der Waals surface area contributed by atoms with E-state index < -0.39 is 26.6 Å². The number of carbonyl (C=O) groups excluding carboxylic acids is 1. The van der Waals surface area contributed by atoms with E-state index in [-0.39, 0.29) is 5.91 Å². The molecule has 0 aliphatic rings. The predicted molar refractivity (Wildman–Crippen MR) is 149 cm³/mol. The smallest absolute Gasteiger partial charge is 0.391 e. The molecule has 0 saturated carbocycles. The highest BCUT2D eigenvalue weighted by Gasteiger charge is 2.25. The summed E-state index contributed by atoms with van der Waals surface area (Å²) >= 11 is 0. The number of hydrogen-bond donors (Lipinski definition) is 4. The molecule has 0 aromatic rings. The largest absolute Gasteiger partial charge is 0.469 e. The van der Waals surface area contributed by atoms with Gasteiger partial charge in [-0.3, -0.25) is 9.32 Å². The lowest BCUT2D eigenvalue weighted by Gasteiger charge is -2.24. The normalized spacial score (nSPS) is 13.6. The van der Waals surface area contributed by atoms with Crippen molar-refractivity contribution in [1.82, 2.24) is 5.32 Å². The molecule has 8 heteroatoms. The van der Waals surface area contributed by atoms with Crippen LogP contribution in [0.25, 0.3) is 0 Å². The van der Waals surface area contributed by atoms with E-state index in [4.69, 9.17) is 9.79 Å². The van der Waals surface area contributed by atoms with Crippen LogP contribution in [0.2, 0.25) is 0 Å². The number of aliphatic hydroxyl groups is 1. The average molecular weight is 536 g/mol. The summed E-state index contributed by atoms with van der Waals surface area (Å²) in [6, 6.07) is -0.813. The molecule has 0 aliphatic heterocycles. The molecule has 0 bridgehead atoms. The molecule has 216 valence electrons. The van der Waals surface area contributed by atoms with Crippen LogP contribution < -0.4 is 5.32 Å². The minimum atomic E-state index is -4.67. The Hall–Kier alpha value is -0.460. The molecule has 4 N–H and O–H groups in total. The van der Waals surface area contributed by atoms with Gasteiger partial charge in [-0.25, -0.2) is 4.57 Å². The van der Waals surface area contributed by atoms with Gasteiger partial charge in [0.1, 0.15) is 0 Å². The van der Waals surface area contributed by atoms with E-state index in [2.05, 4.69) is 23.7 Å². The number of nitrogens with one attached hydrogen (secondary N) is 1. The SMILES string of the molecule is CCCCCCCCCCCCCC(=O)N[C@@H](COP(=O)(O)O)[C@H](O)CCCCCCCCCCC. The number of aliphatic hydroxyl groups excluding tert-OH is 1. The van der Waals surface area contributed by atoms with Crippen molar-refractivity contribution in [2.75, 3.05) is 6.61 Å². The van der Waals surface area contributed by atoms with E-state index in [1.165, 1.54) is 89.9 Å². The molecule has 0 fully saturated rings. The lowest BCUT2D eigenvalue weighted by atomic mass is 10.0. The molecule has 36 heavy (non-hydrogen) atoms. The van der Waals surface area contributed by atoms with Gasteiger partial charge >= 0.3 is 7.82 Å². The molecule has 0 radical (unpaired) electrons. The highest BCUT2D eigenvalue weighted by molar-refractivity contribution is 7.46. The molecule has 0 rings (SSSR count). The number of unbranched alkanes of at least 4 members (excludes halogenated alkanes) is 18. The number of phosphoric ester groups is 1. The first-order chi connectivity index (χ1) is 17.3. The third kappa shape index (κ3) is 25.2. The monoisotopic (exact) mass is 535 g/mol. The number of hydrogen-bond acceptors (Lipinski definition) is 4. The summed E-state index contributed by atoms with van der Waals surface area (Å²) < 4.78 is 15.7. The van der Waals surface area contributed by atoms with Crippen LogP contribution in [0.1, 0.15) is 155 Å². The molecule has 0 spiro atoms. The number of phosphoric acid groups is 1. The Morgan fingerprint density at radius 3 is 1.50 bits per heavy atom. The summed E-state index contributed by atoms with van der Waals surface area (Å²) in [5.74, 6) is -0.198. The molecule has 0 unspecified atom stereocenters. The van der Waals surface area contributed by atoms with Gasteiger partial charge in [0.25, 0.3) is 0 Å². The highest BCUT2D eigenvalue weighted by atomic mass is 31.2. The van der Waals surface area contributed by atoms with Crippen molar-refractivity contribution in [3.05, 3.63) is 0 Å². The summed E-state index contributed by atoms with van der Waals surface area (Å²) in [5.41, 5.74) is 0. The van der Waals surface area contributed by atoms with Gasteiger partial charge in [0, 0.05) is 6.42 Å². The average Bonchev–Trinajstić information content (AvgIpc) is 2.83. The molecule has 0 saturated heterocycles. The standard InChI is InChI=1S/C28H58NO6P/c1-3-5-7-9-11-13-14-16-18-20-22-24-28(31)29-26(25-35-36(32,33)34)27(30)23-21-19-17-15-12-10-8-6-4-2/h26-27,30H,3-25H2,1-2H3,(H,29,31)(H2,32,33,34)/t26-,27+/m0/s1. The van der Waals surface area contributed by atoms with E-state index in [1.54, 1.807) is 0 Å². The Balaban J connectivity index is 4.08. The van der Waals surface area contributed by atoms with Crippen molar-refractivity contribution >= 4 is 13.7 Å². The van der Waals surface area contributed by atoms with Gasteiger partial charge in [0.2, 0.25) is 5.91 Å². The van der Waals surface area contributed by atoms with Crippen LogP contribution in [0.5, 0.6) is 0 Å².